The Balaban J connectivity index is 1.52. The van der Waals surface area contributed by atoms with Crippen LogP contribution in [-0.2, 0) is 4.74 Å². The largest absolute Gasteiger partial charge is 0.493 e. The third kappa shape index (κ3) is 5.78. The molecule has 0 aromatic heterocycles. The van der Waals surface area contributed by atoms with Crippen LogP contribution in [0.25, 0.3) is 0 Å². The summed E-state index contributed by atoms with van der Waals surface area (Å²) in [5.74, 6) is 4.12. The third-order valence-corrected chi connectivity index (χ3v) is 7.84. The van der Waals surface area contributed by atoms with E-state index < -0.39 is 12.2 Å². The molecular weight excluding hydrogens is 512 g/mol. The highest BCUT2D eigenvalue weighted by Gasteiger charge is 2.41. The predicted octanol–water partition coefficient (Wildman–Crippen LogP) is 6.32. The second kappa shape index (κ2) is 12.7. The van der Waals surface area contributed by atoms with Gasteiger partial charge in [0, 0.05) is 0 Å². The Morgan fingerprint density at radius 2 is 1.02 bits per heavy atom. The van der Waals surface area contributed by atoms with Crippen molar-refractivity contribution in [3.8, 4) is 34.5 Å². The Labute approximate surface area is 236 Å². The first-order chi connectivity index (χ1) is 19.3. The van der Waals surface area contributed by atoms with Gasteiger partial charge in [-0.2, -0.15) is 0 Å². The van der Waals surface area contributed by atoms with Crippen molar-refractivity contribution in [1.82, 2.24) is 0 Å². The maximum absolute atomic E-state index is 11.0. The number of hydrogen-bond acceptors (Lipinski definition) is 8. The van der Waals surface area contributed by atoms with E-state index in [-0.39, 0.29) is 24.0 Å². The van der Waals surface area contributed by atoms with E-state index in [0.717, 1.165) is 11.1 Å². The van der Waals surface area contributed by atoms with E-state index >= 15 is 0 Å². The Morgan fingerprint density at radius 3 is 1.52 bits per heavy atom. The fourth-order valence-corrected chi connectivity index (χ4v) is 5.28. The molecule has 3 aromatic carbocycles. The van der Waals surface area contributed by atoms with Crippen LogP contribution in [0.4, 0.5) is 0 Å². The smallest absolute Gasteiger partial charge is 0.161 e. The van der Waals surface area contributed by atoms with Gasteiger partial charge in [0.2, 0.25) is 0 Å². The Morgan fingerprint density at radius 1 is 0.600 bits per heavy atom. The van der Waals surface area contributed by atoms with Crippen LogP contribution in [0.1, 0.15) is 55.8 Å². The molecule has 8 nitrogen and oxygen atoms in total. The number of methoxy groups -OCH3 is 5. The van der Waals surface area contributed by atoms with Crippen LogP contribution in [0.15, 0.2) is 54.6 Å². The minimum Gasteiger partial charge on any atom is -0.493 e. The number of aliphatic hydroxyl groups is 1. The molecule has 1 N–H and O–H groups in total. The molecule has 1 heterocycles. The molecule has 0 amide bonds. The van der Waals surface area contributed by atoms with Gasteiger partial charge in [0.05, 0.1) is 47.8 Å². The lowest BCUT2D eigenvalue weighted by Crippen LogP contribution is -2.22. The first kappa shape index (κ1) is 29.4. The molecule has 216 valence electrons. The van der Waals surface area contributed by atoms with E-state index in [0.29, 0.717) is 40.1 Å². The molecule has 1 aliphatic heterocycles. The van der Waals surface area contributed by atoms with E-state index in [1.807, 2.05) is 43.3 Å². The molecule has 4 rings (SSSR count). The Bertz CT molecular complexity index is 1290. The van der Waals surface area contributed by atoms with Gasteiger partial charge in [-0.1, -0.05) is 32.0 Å². The third-order valence-electron chi connectivity index (χ3n) is 7.84. The summed E-state index contributed by atoms with van der Waals surface area (Å²) < 4.78 is 40.1. The molecule has 0 unspecified atom stereocenters. The number of benzene rings is 3. The van der Waals surface area contributed by atoms with Crippen molar-refractivity contribution in [3.05, 3.63) is 71.3 Å². The van der Waals surface area contributed by atoms with Crippen molar-refractivity contribution >= 4 is 0 Å². The number of rotatable bonds is 11. The zero-order chi connectivity index (χ0) is 29.0. The molecule has 6 atom stereocenters. The van der Waals surface area contributed by atoms with Crippen molar-refractivity contribution in [3.63, 3.8) is 0 Å². The lowest BCUT2D eigenvalue weighted by Gasteiger charge is -2.24. The van der Waals surface area contributed by atoms with E-state index in [1.54, 1.807) is 53.7 Å². The van der Waals surface area contributed by atoms with Gasteiger partial charge in [0.1, 0.15) is 12.2 Å². The highest BCUT2D eigenvalue weighted by atomic mass is 16.5. The average molecular weight is 553 g/mol. The zero-order valence-corrected chi connectivity index (χ0v) is 24.5. The molecule has 0 radical (unpaired) electrons. The van der Waals surface area contributed by atoms with E-state index in [1.165, 1.54) is 0 Å². The average Bonchev–Trinajstić information content (AvgIpc) is 3.29. The van der Waals surface area contributed by atoms with Gasteiger partial charge >= 0.3 is 0 Å². The summed E-state index contributed by atoms with van der Waals surface area (Å²) in [6.07, 6.45) is -1.69. The molecule has 8 heteroatoms. The van der Waals surface area contributed by atoms with Crippen LogP contribution >= 0.6 is 0 Å². The molecule has 40 heavy (non-hydrogen) atoms. The van der Waals surface area contributed by atoms with Gasteiger partial charge in [-0.25, -0.2) is 0 Å². The minimum absolute atomic E-state index is 0.0987. The molecular formula is C32H40O8. The molecule has 0 saturated carbocycles. The summed E-state index contributed by atoms with van der Waals surface area (Å²) in [6, 6.07) is 17.1. The van der Waals surface area contributed by atoms with Crippen molar-refractivity contribution in [2.75, 3.05) is 35.5 Å². The Kier molecular flexibility index (Phi) is 9.32. The summed E-state index contributed by atoms with van der Waals surface area (Å²) in [6.45, 7) is 6.22. The van der Waals surface area contributed by atoms with Gasteiger partial charge in [0.25, 0.3) is 0 Å². The maximum atomic E-state index is 11.0. The van der Waals surface area contributed by atoms with Gasteiger partial charge in [-0.05, 0) is 71.8 Å². The number of aliphatic hydroxyl groups excluding tert-OH is 1. The highest BCUT2D eigenvalue weighted by Crippen LogP contribution is 2.50. The van der Waals surface area contributed by atoms with Crippen LogP contribution in [-0.4, -0.2) is 46.8 Å². The molecule has 0 bridgehead atoms. The molecule has 1 aliphatic rings. The van der Waals surface area contributed by atoms with E-state index in [2.05, 4.69) is 13.8 Å². The lowest BCUT2D eigenvalue weighted by molar-refractivity contribution is 0.0284. The number of ether oxygens (including phenoxy) is 7. The predicted molar refractivity (Wildman–Crippen MR) is 152 cm³/mol. The van der Waals surface area contributed by atoms with Crippen LogP contribution < -0.4 is 28.4 Å². The van der Waals surface area contributed by atoms with Gasteiger partial charge in [-0.15, -0.1) is 0 Å². The van der Waals surface area contributed by atoms with E-state index in [9.17, 15) is 5.11 Å². The van der Waals surface area contributed by atoms with E-state index in [4.69, 9.17) is 33.2 Å². The number of hydrogen-bond donors (Lipinski definition) is 1. The standard InChI is InChI=1S/C32H40O8/c1-18-19(2)32(40-31(18)22-10-13-25(35-5)28(16-22)37-7)23-11-14-26(29(17-23)38-8)39-20(3)30(33)21-9-12-24(34-4)27(15-21)36-6/h9-20,30-33H,1-8H3/t18-,19-,20-,30-,31-,32-/m0/s1. The Hall–Kier alpha value is -3.62. The molecule has 0 aliphatic carbocycles. The lowest BCUT2D eigenvalue weighted by atomic mass is 9.85. The molecule has 0 spiro atoms. The SMILES string of the molecule is COc1ccc([C@@H](O)[C@H](C)Oc2ccc([C@H]3O[C@H](c4ccc(OC)c(OC)c4)[C@@H](C)[C@@H]3C)cc2OC)cc1OC. The summed E-state index contributed by atoms with van der Waals surface area (Å²) in [5.41, 5.74) is 2.70. The van der Waals surface area contributed by atoms with Crippen molar-refractivity contribution in [2.45, 2.75) is 45.2 Å². The maximum Gasteiger partial charge on any atom is 0.161 e. The van der Waals surface area contributed by atoms with Crippen LogP contribution in [0.2, 0.25) is 0 Å². The molecule has 1 fully saturated rings. The summed E-state index contributed by atoms with van der Waals surface area (Å²) in [7, 11) is 8.00. The summed E-state index contributed by atoms with van der Waals surface area (Å²) in [4.78, 5) is 0. The summed E-state index contributed by atoms with van der Waals surface area (Å²) in [5, 5.41) is 11.0. The fourth-order valence-electron chi connectivity index (χ4n) is 5.28. The normalized spacial score (nSPS) is 21.8. The van der Waals surface area contributed by atoms with Crippen molar-refractivity contribution in [1.29, 1.82) is 0 Å². The first-order valence-electron chi connectivity index (χ1n) is 13.4. The second-order valence-electron chi connectivity index (χ2n) is 10.1. The van der Waals surface area contributed by atoms with Gasteiger partial charge in [0.15, 0.2) is 34.5 Å². The van der Waals surface area contributed by atoms with Crippen molar-refractivity contribution in [2.24, 2.45) is 11.8 Å². The second-order valence-corrected chi connectivity index (χ2v) is 10.1. The fraction of sp³-hybridized carbons (Fsp3) is 0.438. The highest BCUT2D eigenvalue weighted by molar-refractivity contribution is 5.46. The van der Waals surface area contributed by atoms with Gasteiger partial charge in [-0.3, -0.25) is 0 Å². The first-order valence-corrected chi connectivity index (χ1v) is 13.4. The monoisotopic (exact) mass is 552 g/mol. The van der Waals surface area contributed by atoms with Crippen LogP contribution in [0, 0.1) is 11.8 Å². The molecule has 1 saturated heterocycles. The zero-order valence-electron chi connectivity index (χ0n) is 24.5. The minimum atomic E-state index is -0.898. The van der Waals surface area contributed by atoms with Crippen LogP contribution in [0.5, 0.6) is 34.5 Å². The quantitative estimate of drug-likeness (QED) is 0.296. The van der Waals surface area contributed by atoms with Crippen molar-refractivity contribution < 1.29 is 38.3 Å². The topological polar surface area (TPSA) is 84.8 Å². The van der Waals surface area contributed by atoms with Crippen LogP contribution in [0.3, 0.4) is 0 Å². The molecule has 3 aromatic rings. The summed E-state index contributed by atoms with van der Waals surface area (Å²) >= 11 is 0. The van der Waals surface area contributed by atoms with Gasteiger partial charge < -0.3 is 38.3 Å².